The van der Waals surface area contributed by atoms with Crippen LogP contribution in [0.15, 0.2) is 59.9 Å². The molecule has 1 aliphatic rings. The molecular weight excluding hydrogens is 377 g/mol. The number of benzene rings is 2. The monoisotopic (exact) mass is 397 g/mol. The highest BCUT2D eigenvalue weighted by atomic mass is 35.5. The number of anilines is 1. The molecule has 28 heavy (non-hydrogen) atoms. The molecule has 0 saturated heterocycles. The molecule has 6 heteroatoms. The van der Waals surface area contributed by atoms with Crippen LogP contribution in [0.1, 0.15) is 37.2 Å². The Balaban J connectivity index is 1.47. The van der Waals surface area contributed by atoms with Gasteiger partial charge in [0, 0.05) is 28.2 Å². The maximum absolute atomic E-state index is 13.7. The fourth-order valence-electron chi connectivity index (χ4n) is 4.06. The van der Waals surface area contributed by atoms with Crippen LogP contribution in [0.4, 0.5) is 10.1 Å². The number of aromatic nitrogens is 1. The van der Waals surface area contributed by atoms with E-state index in [2.05, 4.69) is 15.5 Å². The summed E-state index contributed by atoms with van der Waals surface area (Å²) in [5.74, 6) is 0.837. The first-order valence-corrected chi connectivity index (χ1v) is 9.80. The lowest BCUT2D eigenvalue weighted by molar-refractivity contribution is 0.307. The summed E-state index contributed by atoms with van der Waals surface area (Å²) in [5.41, 5.74) is 2.81. The summed E-state index contributed by atoms with van der Waals surface area (Å²) < 4.78 is 13.7. The highest BCUT2D eigenvalue weighted by molar-refractivity contribution is 6.30. The van der Waals surface area contributed by atoms with Gasteiger partial charge in [-0.3, -0.25) is 4.98 Å². The highest BCUT2D eigenvalue weighted by Gasteiger charge is 2.27. The zero-order chi connectivity index (χ0) is 19.5. The van der Waals surface area contributed by atoms with Crippen molar-refractivity contribution in [3.63, 3.8) is 0 Å². The predicted molar refractivity (Wildman–Crippen MR) is 111 cm³/mol. The molecule has 2 aromatic carbocycles. The molecule has 0 atom stereocenters. The Morgan fingerprint density at radius 1 is 1.07 bits per heavy atom. The summed E-state index contributed by atoms with van der Waals surface area (Å²) in [6, 6.07) is 14.1. The van der Waals surface area contributed by atoms with E-state index < -0.39 is 0 Å². The molecule has 1 saturated carbocycles. The number of nitrogens with zero attached hydrogens (tertiary/aromatic N) is 2. The molecule has 0 radical (unpaired) electrons. The zero-order valence-electron chi connectivity index (χ0n) is 15.3. The van der Waals surface area contributed by atoms with Crippen LogP contribution in [0, 0.1) is 11.7 Å². The average molecular weight is 398 g/mol. The Bertz CT molecular complexity index is 998. The van der Waals surface area contributed by atoms with Gasteiger partial charge in [-0.15, -0.1) is 0 Å². The molecule has 0 spiro atoms. The van der Waals surface area contributed by atoms with E-state index >= 15 is 0 Å². The van der Waals surface area contributed by atoms with Gasteiger partial charge in [0.15, 0.2) is 0 Å². The number of rotatable bonds is 3. The maximum Gasteiger partial charge on any atom is 0.149 e. The van der Waals surface area contributed by atoms with Crippen LogP contribution < -0.4 is 5.32 Å². The van der Waals surface area contributed by atoms with Gasteiger partial charge in [0.1, 0.15) is 11.7 Å². The Morgan fingerprint density at radius 3 is 2.54 bits per heavy atom. The van der Waals surface area contributed by atoms with Gasteiger partial charge in [-0.1, -0.05) is 16.8 Å². The normalized spacial score (nSPS) is 20.3. The summed E-state index contributed by atoms with van der Waals surface area (Å²) >= 11 is 5.92. The number of halogens is 2. The van der Waals surface area contributed by atoms with Crippen molar-refractivity contribution < 1.29 is 9.60 Å². The Hall–Kier alpha value is -2.66. The average Bonchev–Trinajstić information content (AvgIpc) is 2.73. The minimum Gasteiger partial charge on any atom is -0.409 e. The first-order valence-electron chi connectivity index (χ1n) is 9.43. The standard InChI is InChI=1S/C22H21ClFN3O/c23-16-5-8-18(9-6-16)26-22(27-28)15-3-1-14(2-4-15)19-11-12-25-21-10-7-17(24)13-20(19)21/h5-15,28H,1-4H2,(H,26,27). The molecular formula is C22H21ClFN3O. The fraction of sp³-hybridized carbons (Fsp3) is 0.273. The molecule has 1 heterocycles. The molecule has 1 aliphatic carbocycles. The van der Waals surface area contributed by atoms with Crippen molar-refractivity contribution in [2.75, 3.05) is 5.32 Å². The predicted octanol–water partition coefficient (Wildman–Crippen LogP) is 6.20. The summed E-state index contributed by atoms with van der Waals surface area (Å²) in [6.07, 6.45) is 5.47. The first-order chi connectivity index (χ1) is 13.6. The molecule has 0 aliphatic heterocycles. The molecule has 0 unspecified atom stereocenters. The lowest BCUT2D eigenvalue weighted by atomic mass is 9.77. The highest BCUT2D eigenvalue weighted by Crippen LogP contribution is 2.39. The van der Waals surface area contributed by atoms with Gasteiger partial charge in [0.2, 0.25) is 0 Å². The Morgan fingerprint density at radius 2 is 1.82 bits per heavy atom. The van der Waals surface area contributed by atoms with Crippen molar-refractivity contribution >= 4 is 34.0 Å². The van der Waals surface area contributed by atoms with Gasteiger partial charge in [0.25, 0.3) is 0 Å². The Kier molecular flexibility index (Phi) is 5.44. The van der Waals surface area contributed by atoms with Crippen LogP contribution in [-0.4, -0.2) is 16.0 Å². The molecule has 0 bridgehead atoms. The number of oxime groups is 1. The number of hydrogen-bond acceptors (Lipinski definition) is 3. The minimum absolute atomic E-state index is 0.154. The van der Waals surface area contributed by atoms with Gasteiger partial charge < -0.3 is 10.5 Å². The summed E-state index contributed by atoms with van der Waals surface area (Å²) in [6.45, 7) is 0. The van der Waals surface area contributed by atoms with E-state index in [0.29, 0.717) is 16.8 Å². The SMILES string of the molecule is O/N=C(/Nc1ccc(Cl)cc1)C1CCC(c2ccnc3ccc(F)cc23)CC1. The lowest BCUT2D eigenvalue weighted by Gasteiger charge is -2.30. The van der Waals surface area contributed by atoms with Gasteiger partial charge in [-0.25, -0.2) is 4.39 Å². The molecule has 4 nitrogen and oxygen atoms in total. The summed E-state index contributed by atoms with van der Waals surface area (Å²) in [4.78, 5) is 4.35. The van der Waals surface area contributed by atoms with E-state index in [1.807, 2.05) is 18.2 Å². The first kappa shape index (κ1) is 18.7. The van der Waals surface area contributed by atoms with Crippen molar-refractivity contribution in [3.05, 3.63) is 71.1 Å². The zero-order valence-corrected chi connectivity index (χ0v) is 16.0. The maximum atomic E-state index is 13.7. The molecule has 0 amide bonds. The molecule has 3 aromatic rings. The van der Waals surface area contributed by atoms with Crippen LogP contribution in [0.5, 0.6) is 0 Å². The van der Waals surface area contributed by atoms with Crippen LogP contribution in [-0.2, 0) is 0 Å². The third kappa shape index (κ3) is 3.94. The van der Waals surface area contributed by atoms with Crippen molar-refractivity contribution in [1.82, 2.24) is 4.98 Å². The second-order valence-electron chi connectivity index (χ2n) is 7.23. The van der Waals surface area contributed by atoms with Crippen LogP contribution >= 0.6 is 11.6 Å². The molecule has 1 fully saturated rings. The van der Waals surface area contributed by atoms with Gasteiger partial charge in [-0.2, -0.15) is 0 Å². The third-order valence-electron chi connectivity index (χ3n) is 5.52. The number of amidine groups is 1. The fourth-order valence-corrected chi connectivity index (χ4v) is 4.19. The van der Waals surface area contributed by atoms with Crippen molar-refractivity contribution in [2.45, 2.75) is 31.6 Å². The number of hydrogen-bond donors (Lipinski definition) is 2. The number of pyridine rings is 1. The van der Waals surface area contributed by atoms with Crippen molar-refractivity contribution in [3.8, 4) is 0 Å². The van der Waals surface area contributed by atoms with E-state index in [1.165, 1.54) is 6.07 Å². The topological polar surface area (TPSA) is 57.5 Å². The molecule has 4 rings (SSSR count). The van der Waals surface area contributed by atoms with Gasteiger partial charge in [0.05, 0.1) is 5.52 Å². The number of fused-ring (bicyclic) bond motifs is 1. The van der Waals surface area contributed by atoms with Crippen molar-refractivity contribution in [1.29, 1.82) is 0 Å². The van der Waals surface area contributed by atoms with E-state index in [0.717, 1.165) is 47.8 Å². The second kappa shape index (κ2) is 8.15. The number of nitrogens with one attached hydrogen (secondary N) is 1. The van der Waals surface area contributed by atoms with E-state index in [4.69, 9.17) is 11.6 Å². The van der Waals surface area contributed by atoms with Crippen LogP contribution in [0.25, 0.3) is 10.9 Å². The Labute approximate surface area is 168 Å². The third-order valence-corrected chi connectivity index (χ3v) is 5.77. The minimum atomic E-state index is -0.239. The molecule has 2 N–H and O–H groups in total. The second-order valence-corrected chi connectivity index (χ2v) is 7.66. The van der Waals surface area contributed by atoms with Gasteiger partial charge >= 0.3 is 0 Å². The van der Waals surface area contributed by atoms with Crippen LogP contribution in [0.2, 0.25) is 5.02 Å². The van der Waals surface area contributed by atoms with E-state index in [1.54, 1.807) is 30.5 Å². The van der Waals surface area contributed by atoms with Crippen LogP contribution in [0.3, 0.4) is 0 Å². The summed E-state index contributed by atoms with van der Waals surface area (Å²) in [7, 11) is 0. The van der Waals surface area contributed by atoms with E-state index in [-0.39, 0.29) is 11.7 Å². The largest absolute Gasteiger partial charge is 0.409 e. The smallest absolute Gasteiger partial charge is 0.149 e. The quantitative estimate of drug-likeness (QED) is 0.239. The lowest BCUT2D eigenvalue weighted by Crippen LogP contribution is -2.27. The van der Waals surface area contributed by atoms with E-state index in [9.17, 15) is 9.60 Å². The van der Waals surface area contributed by atoms with Crippen molar-refractivity contribution in [2.24, 2.45) is 11.1 Å². The molecule has 144 valence electrons. The molecule has 1 aromatic heterocycles. The summed E-state index contributed by atoms with van der Waals surface area (Å²) in [5, 5.41) is 17.8. The van der Waals surface area contributed by atoms with Gasteiger partial charge in [-0.05, 0) is 85.7 Å².